The molecule has 0 aliphatic rings. The Hall–Kier alpha value is -0.840. The zero-order valence-corrected chi connectivity index (χ0v) is 12.4. The Bertz CT molecular complexity index is 435. The zero-order chi connectivity index (χ0) is 13.8. The van der Waals surface area contributed by atoms with Gasteiger partial charge in [0.1, 0.15) is 10.7 Å². The van der Waals surface area contributed by atoms with Crippen LogP contribution in [-0.2, 0) is 4.74 Å². The molecule has 0 spiro atoms. The highest BCUT2D eigenvalue weighted by molar-refractivity contribution is 7.80. The number of rotatable bonds is 6. The molecule has 18 heavy (non-hydrogen) atoms. The van der Waals surface area contributed by atoms with Crippen molar-refractivity contribution in [3.8, 4) is 5.75 Å². The first-order valence-electron chi connectivity index (χ1n) is 5.63. The number of nitrogens with two attached hydrogens (primary N) is 1. The van der Waals surface area contributed by atoms with Crippen LogP contribution in [0.25, 0.3) is 0 Å². The third-order valence-electron chi connectivity index (χ3n) is 2.73. The summed E-state index contributed by atoms with van der Waals surface area (Å²) in [5, 5.41) is 0.510. The first-order chi connectivity index (χ1) is 8.35. The molecule has 0 aliphatic heterocycles. The first kappa shape index (κ1) is 15.2. The second kappa shape index (κ2) is 6.36. The Morgan fingerprint density at radius 3 is 2.61 bits per heavy atom. The molecule has 0 radical (unpaired) electrons. The van der Waals surface area contributed by atoms with E-state index in [4.69, 9.17) is 39.0 Å². The summed E-state index contributed by atoms with van der Waals surface area (Å²) < 4.78 is 10.9. The van der Waals surface area contributed by atoms with Crippen molar-refractivity contribution in [2.75, 3.05) is 13.7 Å². The Morgan fingerprint density at radius 2 is 2.11 bits per heavy atom. The van der Waals surface area contributed by atoms with Crippen molar-refractivity contribution in [1.29, 1.82) is 0 Å². The predicted molar refractivity (Wildman–Crippen MR) is 78.5 cm³/mol. The topological polar surface area (TPSA) is 44.5 Å². The van der Waals surface area contributed by atoms with Crippen molar-refractivity contribution in [2.24, 2.45) is 5.73 Å². The summed E-state index contributed by atoms with van der Waals surface area (Å²) in [7, 11) is 1.68. The fourth-order valence-electron chi connectivity index (χ4n) is 1.28. The van der Waals surface area contributed by atoms with E-state index in [9.17, 15) is 0 Å². The lowest BCUT2D eigenvalue weighted by molar-refractivity contribution is 0.00546. The van der Waals surface area contributed by atoms with E-state index in [0.717, 1.165) is 12.0 Å². The fraction of sp³-hybridized carbons (Fsp3) is 0.462. The third kappa shape index (κ3) is 4.44. The van der Waals surface area contributed by atoms with Gasteiger partial charge in [-0.05, 0) is 32.0 Å². The summed E-state index contributed by atoms with van der Waals surface area (Å²) in [4.78, 5) is 0.323. The van der Waals surface area contributed by atoms with Crippen molar-refractivity contribution in [3.05, 3.63) is 28.8 Å². The molecule has 0 unspecified atom stereocenters. The van der Waals surface area contributed by atoms with Crippen LogP contribution in [0.3, 0.4) is 0 Å². The lowest BCUT2D eigenvalue weighted by Crippen LogP contribution is -2.25. The van der Waals surface area contributed by atoms with Crippen LogP contribution in [-0.4, -0.2) is 24.3 Å². The number of benzene rings is 1. The maximum absolute atomic E-state index is 6.09. The van der Waals surface area contributed by atoms with Gasteiger partial charge in [-0.2, -0.15) is 0 Å². The summed E-state index contributed by atoms with van der Waals surface area (Å²) in [6.45, 7) is 4.55. The number of halogens is 1. The van der Waals surface area contributed by atoms with Gasteiger partial charge in [-0.1, -0.05) is 23.8 Å². The van der Waals surface area contributed by atoms with Gasteiger partial charge in [0.05, 0.1) is 17.2 Å². The number of thiocarbonyl (C=S) groups is 1. The molecule has 0 amide bonds. The van der Waals surface area contributed by atoms with Gasteiger partial charge in [0.15, 0.2) is 0 Å². The molecule has 2 N–H and O–H groups in total. The van der Waals surface area contributed by atoms with Crippen LogP contribution in [0.5, 0.6) is 5.75 Å². The molecule has 3 nitrogen and oxygen atoms in total. The van der Waals surface area contributed by atoms with E-state index in [-0.39, 0.29) is 5.60 Å². The van der Waals surface area contributed by atoms with E-state index >= 15 is 0 Å². The highest BCUT2D eigenvalue weighted by atomic mass is 35.5. The van der Waals surface area contributed by atoms with Gasteiger partial charge in [0.25, 0.3) is 0 Å². The van der Waals surface area contributed by atoms with Gasteiger partial charge in [-0.3, -0.25) is 0 Å². The molecule has 100 valence electrons. The van der Waals surface area contributed by atoms with E-state index < -0.39 is 0 Å². The third-order valence-corrected chi connectivity index (χ3v) is 3.26. The second-order valence-electron chi connectivity index (χ2n) is 4.57. The minimum absolute atomic E-state index is 0.203. The molecular formula is C13H18ClNO2S. The van der Waals surface area contributed by atoms with Crippen LogP contribution in [0.2, 0.25) is 5.02 Å². The molecule has 0 bridgehead atoms. The molecule has 0 saturated carbocycles. The molecule has 0 fully saturated rings. The second-order valence-corrected chi connectivity index (χ2v) is 5.42. The Kier molecular flexibility index (Phi) is 5.38. The van der Waals surface area contributed by atoms with Gasteiger partial charge in [-0.15, -0.1) is 0 Å². The van der Waals surface area contributed by atoms with E-state index in [1.54, 1.807) is 25.3 Å². The summed E-state index contributed by atoms with van der Waals surface area (Å²) in [6.07, 6.45) is 0.775. The van der Waals surface area contributed by atoms with Crippen molar-refractivity contribution < 1.29 is 9.47 Å². The Morgan fingerprint density at radius 1 is 1.44 bits per heavy atom. The quantitative estimate of drug-likeness (QED) is 0.816. The maximum atomic E-state index is 6.09. The number of methoxy groups -OCH3 is 1. The minimum Gasteiger partial charge on any atom is -0.492 e. The van der Waals surface area contributed by atoms with E-state index in [1.807, 2.05) is 13.8 Å². The summed E-state index contributed by atoms with van der Waals surface area (Å²) >= 11 is 11.0. The van der Waals surface area contributed by atoms with Gasteiger partial charge in [0.2, 0.25) is 0 Å². The molecule has 1 aromatic carbocycles. The largest absolute Gasteiger partial charge is 0.492 e. The average Bonchev–Trinajstić information content (AvgIpc) is 2.31. The normalized spacial score (nSPS) is 11.3. The van der Waals surface area contributed by atoms with Crippen molar-refractivity contribution in [2.45, 2.75) is 25.9 Å². The van der Waals surface area contributed by atoms with Crippen LogP contribution >= 0.6 is 23.8 Å². The molecule has 1 rings (SSSR count). The molecule has 1 aromatic rings. The summed E-state index contributed by atoms with van der Waals surface area (Å²) in [5.41, 5.74) is 6.06. The SMILES string of the molecule is COC(C)(C)CCOc1ccc(C(N)=S)cc1Cl. The summed E-state index contributed by atoms with van der Waals surface area (Å²) in [5.74, 6) is 0.628. The van der Waals surface area contributed by atoms with Gasteiger partial charge >= 0.3 is 0 Å². The van der Waals surface area contributed by atoms with Crippen molar-refractivity contribution in [1.82, 2.24) is 0 Å². The molecular weight excluding hydrogens is 270 g/mol. The fourth-order valence-corrected chi connectivity index (χ4v) is 1.64. The predicted octanol–water partition coefficient (Wildman–Crippen LogP) is 3.17. The molecule has 0 heterocycles. The molecule has 0 aromatic heterocycles. The maximum Gasteiger partial charge on any atom is 0.137 e. The van der Waals surface area contributed by atoms with Crippen LogP contribution in [0.4, 0.5) is 0 Å². The van der Waals surface area contributed by atoms with E-state index in [2.05, 4.69) is 0 Å². The van der Waals surface area contributed by atoms with E-state index in [0.29, 0.717) is 22.4 Å². The van der Waals surface area contributed by atoms with Gasteiger partial charge in [-0.25, -0.2) is 0 Å². The smallest absolute Gasteiger partial charge is 0.137 e. The Labute approximate surface area is 118 Å². The monoisotopic (exact) mass is 287 g/mol. The lowest BCUT2D eigenvalue weighted by Gasteiger charge is -2.22. The first-order valence-corrected chi connectivity index (χ1v) is 6.41. The van der Waals surface area contributed by atoms with Crippen LogP contribution in [0, 0.1) is 0 Å². The van der Waals surface area contributed by atoms with Crippen molar-refractivity contribution in [3.63, 3.8) is 0 Å². The summed E-state index contributed by atoms with van der Waals surface area (Å²) in [6, 6.07) is 5.28. The molecule has 0 saturated heterocycles. The van der Waals surface area contributed by atoms with Gasteiger partial charge in [0, 0.05) is 19.1 Å². The van der Waals surface area contributed by atoms with E-state index in [1.165, 1.54) is 0 Å². The van der Waals surface area contributed by atoms with Gasteiger partial charge < -0.3 is 15.2 Å². The molecule has 0 aliphatic carbocycles. The van der Waals surface area contributed by atoms with Crippen LogP contribution < -0.4 is 10.5 Å². The standard InChI is InChI=1S/C13H18ClNO2S/c1-13(2,16-3)6-7-17-11-5-4-9(12(15)18)8-10(11)14/h4-5,8H,6-7H2,1-3H3,(H2,15,18). The number of ether oxygens (including phenoxy) is 2. The van der Waals surface area contributed by atoms with Crippen molar-refractivity contribution >= 4 is 28.8 Å². The minimum atomic E-state index is -0.203. The number of hydrogen-bond donors (Lipinski definition) is 1. The Balaban J connectivity index is 2.61. The zero-order valence-electron chi connectivity index (χ0n) is 10.8. The number of hydrogen-bond acceptors (Lipinski definition) is 3. The lowest BCUT2D eigenvalue weighted by atomic mass is 10.1. The van der Waals surface area contributed by atoms with Crippen LogP contribution in [0.1, 0.15) is 25.8 Å². The average molecular weight is 288 g/mol. The highest BCUT2D eigenvalue weighted by Gasteiger charge is 2.16. The molecule has 0 atom stereocenters. The molecule has 5 heteroatoms. The highest BCUT2D eigenvalue weighted by Crippen LogP contribution is 2.26. The van der Waals surface area contributed by atoms with Crippen LogP contribution in [0.15, 0.2) is 18.2 Å².